The minimum Gasteiger partial charge on any atom is -0.497 e. The lowest BCUT2D eigenvalue weighted by Gasteiger charge is -2.30. The number of ether oxygens (including phenoxy) is 2. The fraction of sp³-hybridized carbons (Fsp3) is 0.217. The van der Waals surface area contributed by atoms with Crippen molar-refractivity contribution in [1.82, 2.24) is 5.32 Å². The van der Waals surface area contributed by atoms with Crippen molar-refractivity contribution >= 4 is 35.2 Å². The van der Waals surface area contributed by atoms with E-state index in [1.165, 1.54) is 14.2 Å². The van der Waals surface area contributed by atoms with E-state index in [4.69, 9.17) is 9.47 Å². The number of carbonyl (C=O) groups excluding carboxylic acids is 3. The second-order valence-corrected chi connectivity index (χ2v) is 7.79. The number of benzene rings is 2. The van der Waals surface area contributed by atoms with E-state index in [-0.39, 0.29) is 22.3 Å². The highest BCUT2D eigenvalue weighted by Gasteiger charge is 2.44. The van der Waals surface area contributed by atoms with Gasteiger partial charge in [0, 0.05) is 17.7 Å². The average molecular weight is 452 g/mol. The number of methoxy groups -OCH3 is 2. The molecule has 2 N–H and O–H groups in total. The molecule has 0 aliphatic carbocycles. The van der Waals surface area contributed by atoms with Crippen LogP contribution in [-0.2, 0) is 19.1 Å². The van der Waals surface area contributed by atoms with Crippen LogP contribution in [0.4, 0.5) is 5.69 Å². The summed E-state index contributed by atoms with van der Waals surface area (Å²) in [5.41, 5.74) is 1.39. The van der Waals surface area contributed by atoms with Crippen molar-refractivity contribution in [3.8, 4) is 11.8 Å². The van der Waals surface area contributed by atoms with Crippen molar-refractivity contribution in [3.63, 3.8) is 0 Å². The third-order valence-corrected chi connectivity index (χ3v) is 5.86. The Morgan fingerprint density at radius 3 is 2.56 bits per heavy atom. The molecule has 8 nitrogen and oxygen atoms in total. The Bertz CT molecular complexity index is 1090. The lowest BCUT2D eigenvalue weighted by Crippen LogP contribution is -2.44. The van der Waals surface area contributed by atoms with Crippen molar-refractivity contribution in [3.05, 3.63) is 70.8 Å². The van der Waals surface area contributed by atoms with Crippen LogP contribution in [0.3, 0.4) is 0 Å². The Hall–Kier alpha value is -3.77. The lowest BCUT2D eigenvalue weighted by atomic mass is 9.78. The summed E-state index contributed by atoms with van der Waals surface area (Å²) >= 11 is 1.02. The Kier molecular flexibility index (Phi) is 7.52. The molecular formula is C23H21N3O5S. The van der Waals surface area contributed by atoms with Gasteiger partial charge in [0.15, 0.2) is 0 Å². The third-order valence-electron chi connectivity index (χ3n) is 4.84. The number of hydrogen-bond donors (Lipinski definition) is 2. The number of nitriles is 1. The summed E-state index contributed by atoms with van der Waals surface area (Å²) in [6, 6.07) is 17.8. The molecule has 0 unspecified atom stereocenters. The topological polar surface area (TPSA) is 118 Å². The number of rotatable bonds is 7. The first-order valence-electron chi connectivity index (χ1n) is 9.63. The molecule has 32 heavy (non-hydrogen) atoms. The maximum absolute atomic E-state index is 12.8. The van der Waals surface area contributed by atoms with Crippen LogP contribution < -0.4 is 15.4 Å². The standard InChI is InChI=1S/C23H21N3O5S/c1-30-16-10-6-9-15(11-16)25-18(27)13-32-22-17(12-24)19(14-7-4-3-5-8-14)20(21(28)26-22)23(29)31-2/h3-11,19-20H,13H2,1-2H3,(H,25,27)(H,26,28)/t19-,20+/m1/s1. The van der Waals surface area contributed by atoms with E-state index in [1.807, 2.05) is 0 Å². The molecule has 1 aliphatic rings. The minimum atomic E-state index is -1.20. The smallest absolute Gasteiger partial charge is 0.319 e. The summed E-state index contributed by atoms with van der Waals surface area (Å²) in [6.07, 6.45) is 0. The van der Waals surface area contributed by atoms with Gasteiger partial charge in [0.1, 0.15) is 11.7 Å². The van der Waals surface area contributed by atoms with Gasteiger partial charge in [-0.25, -0.2) is 0 Å². The molecule has 0 radical (unpaired) electrons. The monoisotopic (exact) mass is 451 g/mol. The molecule has 2 atom stereocenters. The van der Waals surface area contributed by atoms with Gasteiger partial charge in [0.2, 0.25) is 11.8 Å². The fourth-order valence-corrected chi connectivity index (χ4v) is 4.22. The normalized spacial score (nSPS) is 17.7. The number of allylic oxidation sites excluding steroid dienone is 1. The number of amides is 2. The average Bonchev–Trinajstić information content (AvgIpc) is 2.82. The van der Waals surface area contributed by atoms with Crippen molar-refractivity contribution in [2.75, 3.05) is 25.3 Å². The zero-order chi connectivity index (χ0) is 23.1. The summed E-state index contributed by atoms with van der Waals surface area (Å²) in [5.74, 6) is -3.11. The predicted octanol–water partition coefficient (Wildman–Crippen LogP) is 2.80. The van der Waals surface area contributed by atoms with E-state index in [2.05, 4.69) is 16.7 Å². The van der Waals surface area contributed by atoms with Crippen molar-refractivity contribution < 1.29 is 23.9 Å². The van der Waals surface area contributed by atoms with E-state index in [9.17, 15) is 19.6 Å². The SMILES string of the molecule is COC(=O)[C@@H]1C(=O)NC(SCC(=O)Nc2cccc(OC)c2)=C(C#N)[C@H]1c1ccccc1. The number of nitrogens with zero attached hydrogens (tertiary/aromatic N) is 1. The molecular weight excluding hydrogens is 430 g/mol. The van der Waals surface area contributed by atoms with Gasteiger partial charge in [0.05, 0.1) is 36.6 Å². The predicted molar refractivity (Wildman–Crippen MR) is 120 cm³/mol. The van der Waals surface area contributed by atoms with Crippen molar-refractivity contribution in [2.45, 2.75) is 5.92 Å². The quantitative estimate of drug-likeness (QED) is 0.491. The highest BCUT2D eigenvalue weighted by Crippen LogP contribution is 2.40. The number of thioether (sulfide) groups is 1. The van der Waals surface area contributed by atoms with Gasteiger partial charge in [-0.2, -0.15) is 5.26 Å². The number of nitrogens with one attached hydrogen (secondary N) is 2. The van der Waals surface area contributed by atoms with Crippen LogP contribution in [0.5, 0.6) is 5.75 Å². The number of hydrogen-bond acceptors (Lipinski definition) is 7. The Labute approximate surface area is 189 Å². The second kappa shape index (κ2) is 10.5. The molecule has 164 valence electrons. The number of anilines is 1. The van der Waals surface area contributed by atoms with E-state index in [0.717, 1.165) is 11.8 Å². The van der Waals surface area contributed by atoms with E-state index in [1.54, 1.807) is 54.6 Å². The third kappa shape index (κ3) is 5.10. The molecule has 1 aliphatic heterocycles. The summed E-state index contributed by atoms with van der Waals surface area (Å²) < 4.78 is 9.95. The first-order chi connectivity index (χ1) is 15.5. The van der Waals surface area contributed by atoms with E-state index >= 15 is 0 Å². The molecule has 0 aromatic heterocycles. The summed E-state index contributed by atoms with van der Waals surface area (Å²) in [7, 11) is 2.73. The van der Waals surface area contributed by atoms with Gasteiger partial charge in [-0.15, -0.1) is 0 Å². The summed E-state index contributed by atoms with van der Waals surface area (Å²) in [4.78, 5) is 37.6. The first kappa shape index (κ1) is 22.9. The minimum absolute atomic E-state index is 0.0532. The molecule has 2 aromatic rings. The molecule has 3 rings (SSSR count). The Morgan fingerprint density at radius 1 is 1.16 bits per heavy atom. The molecule has 1 heterocycles. The van der Waals surface area contributed by atoms with Crippen molar-refractivity contribution in [2.24, 2.45) is 5.92 Å². The molecule has 0 bridgehead atoms. The van der Waals surface area contributed by atoms with Crippen LogP contribution in [0, 0.1) is 17.2 Å². The zero-order valence-corrected chi connectivity index (χ0v) is 18.3. The van der Waals surface area contributed by atoms with Crippen LogP contribution in [0.2, 0.25) is 0 Å². The summed E-state index contributed by atoms with van der Waals surface area (Å²) in [6.45, 7) is 0. The van der Waals surface area contributed by atoms with Crippen LogP contribution in [0.25, 0.3) is 0 Å². The molecule has 0 saturated heterocycles. The van der Waals surface area contributed by atoms with Crippen molar-refractivity contribution in [1.29, 1.82) is 5.26 Å². The Morgan fingerprint density at radius 2 is 1.91 bits per heavy atom. The second-order valence-electron chi connectivity index (χ2n) is 6.80. The van der Waals surface area contributed by atoms with Gasteiger partial charge in [-0.1, -0.05) is 48.2 Å². The zero-order valence-electron chi connectivity index (χ0n) is 17.5. The molecule has 0 fully saturated rings. The van der Waals surface area contributed by atoms with Crippen LogP contribution in [0.15, 0.2) is 65.2 Å². The maximum Gasteiger partial charge on any atom is 0.319 e. The van der Waals surface area contributed by atoms with Crippen LogP contribution in [-0.4, -0.2) is 37.8 Å². The van der Waals surface area contributed by atoms with Crippen LogP contribution >= 0.6 is 11.8 Å². The first-order valence-corrected chi connectivity index (χ1v) is 10.6. The highest BCUT2D eigenvalue weighted by atomic mass is 32.2. The van der Waals surface area contributed by atoms with Crippen LogP contribution in [0.1, 0.15) is 11.5 Å². The molecule has 9 heteroatoms. The van der Waals surface area contributed by atoms with E-state index in [0.29, 0.717) is 17.0 Å². The number of carbonyl (C=O) groups is 3. The Balaban J connectivity index is 1.84. The fourth-order valence-electron chi connectivity index (χ4n) is 3.38. The van der Waals surface area contributed by atoms with E-state index < -0.39 is 23.7 Å². The van der Waals surface area contributed by atoms with Gasteiger partial charge in [-0.05, 0) is 17.7 Å². The van der Waals surface area contributed by atoms with Gasteiger partial charge in [-0.3, -0.25) is 14.4 Å². The summed E-state index contributed by atoms with van der Waals surface area (Å²) in [5, 5.41) is 15.5. The molecule has 2 aromatic carbocycles. The number of esters is 1. The molecule has 0 spiro atoms. The van der Waals surface area contributed by atoms with Gasteiger partial charge in [0.25, 0.3) is 0 Å². The maximum atomic E-state index is 12.8. The molecule has 0 saturated carbocycles. The highest BCUT2D eigenvalue weighted by molar-refractivity contribution is 8.03. The molecule has 2 amide bonds. The van der Waals surface area contributed by atoms with Gasteiger partial charge < -0.3 is 20.1 Å². The lowest BCUT2D eigenvalue weighted by molar-refractivity contribution is -0.150. The largest absolute Gasteiger partial charge is 0.497 e. The van der Waals surface area contributed by atoms with Gasteiger partial charge >= 0.3 is 5.97 Å².